The molecule has 0 radical (unpaired) electrons. The summed E-state index contributed by atoms with van der Waals surface area (Å²) in [5.41, 5.74) is 2.12. The van der Waals surface area contributed by atoms with E-state index in [1.807, 2.05) is 35.7 Å². The predicted molar refractivity (Wildman–Crippen MR) is 84.9 cm³/mol. The van der Waals surface area contributed by atoms with E-state index in [-0.39, 0.29) is 6.61 Å². The van der Waals surface area contributed by atoms with E-state index >= 15 is 0 Å². The molecule has 0 bridgehead atoms. The number of hydrogen-bond donors (Lipinski definition) is 1. The Labute approximate surface area is 128 Å². The summed E-state index contributed by atoms with van der Waals surface area (Å²) in [6.07, 6.45) is 0. The first-order valence-electron chi connectivity index (χ1n) is 6.28. The lowest BCUT2D eigenvalue weighted by atomic mass is 10.2. The second kappa shape index (κ2) is 7.47. The van der Waals surface area contributed by atoms with Gasteiger partial charge in [-0.05, 0) is 30.1 Å². The fourth-order valence-electron chi connectivity index (χ4n) is 1.93. The summed E-state index contributed by atoms with van der Waals surface area (Å²) in [6.45, 7) is 1.51. The SMILES string of the molecule is CN(Cc1ccccc1Cl)Cc1sccc1C#CCO. The predicted octanol–water partition coefficient (Wildman–Crippen LogP) is 3.38. The minimum absolute atomic E-state index is 0.106. The van der Waals surface area contributed by atoms with E-state index in [0.717, 1.165) is 29.2 Å². The highest BCUT2D eigenvalue weighted by atomic mass is 35.5. The molecule has 2 nitrogen and oxygen atoms in total. The van der Waals surface area contributed by atoms with Gasteiger partial charge in [0.1, 0.15) is 6.61 Å². The van der Waals surface area contributed by atoms with Crippen molar-refractivity contribution < 1.29 is 5.11 Å². The van der Waals surface area contributed by atoms with Crippen LogP contribution in [0.3, 0.4) is 0 Å². The van der Waals surface area contributed by atoms with Crippen molar-refractivity contribution in [3.8, 4) is 11.8 Å². The van der Waals surface area contributed by atoms with Gasteiger partial charge in [-0.1, -0.05) is 41.6 Å². The van der Waals surface area contributed by atoms with Crippen LogP contribution in [0.2, 0.25) is 5.02 Å². The van der Waals surface area contributed by atoms with Gasteiger partial charge in [-0.2, -0.15) is 0 Å². The number of halogens is 1. The molecule has 0 aliphatic heterocycles. The molecule has 0 unspecified atom stereocenters. The lowest BCUT2D eigenvalue weighted by Gasteiger charge is -2.17. The summed E-state index contributed by atoms with van der Waals surface area (Å²) in [4.78, 5) is 3.41. The van der Waals surface area contributed by atoms with Crippen molar-refractivity contribution in [3.63, 3.8) is 0 Å². The summed E-state index contributed by atoms with van der Waals surface area (Å²) >= 11 is 7.86. The number of benzene rings is 1. The first-order chi connectivity index (χ1) is 9.70. The van der Waals surface area contributed by atoms with Crippen molar-refractivity contribution in [2.45, 2.75) is 13.1 Å². The molecule has 0 spiro atoms. The van der Waals surface area contributed by atoms with Gasteiger partial charge in [0.25, 0.3) is 0 Å². The van der Waals surface area contributed by atoms with Crippen molar-refractivity contribution in [2.75, 3.05) is 13.7 Å². The van der Waals surface area contributed by atoms with Gasteiger partial charge in [-0.25, -0.2) is 0 Å². The smallest absolute Gasteiger partial charge is 0.104 e. The van der Waals surface area contributed by atoms with Crippen LogP contribution in [0.25, 0.3) is 0 Å². The van der Waals surface area contributed by atoms with Crippen molar-refractivity contribution in [2.24, 2.45) is 0 Å². The molecule has 0 fully saturated rings. The molecule has 0 amide bonds. The molecule has 1 aromatic carbocycles. The molecule has 2 aromatic rings. The average Bonchev–Trinajstić information content (AvgIpc) is 2.86. The molecule has 0 saturated carbocycles. The zero-order valence-corrected chi connectivity index (χ0v) is 12.8. The second-order valence-electron chi connectivity index (χ2n) is 4.48. The minimum Gasteiger partial charge on any atom is -0.384 e. The normalized spacial score (nSPS) is 10.4. The molecule has 1 aromatic heterocycles. The van der Waals surface area contributed by atoms with Crippen molar-refractivity contribution in [1.82, 2.24) is 4.90 Å². The topological polar surface area (TPSA) is 23.5 Å². The van der Waals surface area contributed by atoms with Crippen LogP contribution in [0, 0.1) is 11.8 Å². The van der Waals surface area contributed by atoms with Gasteiger partial charge < -0.3 is 5.11 Å². The fourth-order valence-corrected chi connectivity index (χ4v) is 3.03. The molecule has 1 heterocycles. The highest BCUT2D eigenvalue weighted by Gasteiger charge is 2.08. The maximum atomic E-state index is 8.77. The van der Waals surface area contributed by atoms with Gasteiger partial charge in [-0.15, -0.1) is 11.3 Å². The molecule has 4 heteroatoms. The Morgan fingerprint density at radius 2 is 2.05 bits per heavy atom. The second-order valence-corrected chi connectivity index (χ2v) is 5.89. The van der Waals surface area contributed by atoms with E-state index in [4.69, 9.17) is 16.7 Å². The molecule has 1 N–H and O–H groups in total. The van der Waals surface area contributed by atoms with E-state index in [0.29, 0.717) is 0 Å². The van der Waals surface area contributed by atoms with Crippen LogP contribution < -0.4 is 0 Å². The van der Waals surface area contributed by atoms with E-state index in [9.17, 15) is 0 Å². The van der Waals surface area contributed by atoms with Gasteiger partial charge in [0, 0.05) is 28.6 Å². The minimum atomic E-state index is -0.106. The molecular formula is C16H16ClNOS. The average molecular weight is 306 g/mol. The number of aliphatic hydroxyl groups is 1. The lowest BCUT2D eigenvalue weighted by molar-refractivity contribution is 0.322. The fraction of sp³-hybridized carbons (Fsp3) is 0.250. The quantitative estimate of drug-likeness (QED) is 0.875. The Hall–Kier alpha value is -1.31. The maximum absolute atomic E-state index is 8.77. The Kier molecular flexibility index (Phi) is 5.63. The van der Waals surface area contributed by atoms with Gasteiger partial charge in [0.05, 0.1) is 0 Å². The van der Waals surface area contributed by atoms with E-state index in [1.54, 1.807) is 11.3 Å². The van der Waals surface area contributed by atoms with Crippen LogP contribution in [0.15, 0.2) is 35.7 Å². The zero-order valence-electron chi connectivity index (χ0n) is 11.3. The van der Waals surface area contributed by atoms with Gasteiger partial charge in [0.2, 0.25) is 0 Å². The van der Waals surface area contributed by atoms with E-state index < -0.39 is 0 Å². The number of hydrogen-bond acceptors (Lipinski definition) is 3. The van der Waals surface area contributed by atoms with Crippen molar-refractivity contribution in [1.29, 1.82) is 0 Å². The van der Waals surface area contributed by atoms with Crippen LogP contribution >= 0.6 is 22.9 Å². The molecular weight excluding hydrogens is 290 g/mol. The van der Waals surface area contributed by atoms with E-state index in [1.165, 1.54) is 4.88 Å². The summed E-state index contributed by atoms with van der Waals surface area (Å²) in [7, 11) is 2.06. The highest BCUT2D eigenvalue weighted by molar-refractivity contribution is 7.10. The Bertz CT molecular complexity index is 627. The third-order valence-corrected chi connectivity index (χ3v) is 4.13. The van der Waals surface area contributed by atoms with E-state index in [2.05, 4.69) is 23.8 Å². The zero-order chi connectivity index (χ0) is 14.4. The van der Waals surface area contributed by atoms with Crippen LogP contribution in [-0.2, 0) is 13.1 Å². The van der Waals surface area contributed by atoms with Crippen LogP contribution in [0.1, 0.15) is 16.0 Å². The number of rotatable bonds is 4. The Balaban J connectivity index is 2.03. The van der Waals surface area contributed by atoms with Crippen LogP contribution in [-0.4, -0.2) is 23.7 Å². The lowest BCUT2D eigenvalue weighted by Crippen LogP contribution is -2.17. The third-order valence-electron chi connectivity index (χ3n) is 2.86. The van der Waals surface area contributed by atoms with Gasteiger partial charge in [-0.3, -0.25) is 4.90 Å². The maximum Gasteiger partial charge on any atom is 0.104 e. The highest BCUT2D eigenvalue weighted by Crippen LogP contribution is 2.21. The van der Waals surface area contributed by atoms with Crippen LogP contribution in [0.4, 0.5) is 0 Å². The standard InChI is InChI=1S/C16H16ClNOS/c1-18(11-14-5-2-3-7-15(14)17)12-16-13(6-4-9-19)8-10-20-16/h2-3,5,7-8,10,19H,9,11-12H2,1H3. The molecule has 20 heavy (non-hydrogen) atoms. The first kappa shape index (κ1) is 15.1. The van der Waals surface area contributed by atoms with Gasteiger partial charge in [0.15, 0.2) is 0 Å². The number of thiophene rings is 1. The first-order valence-corrected chi connectivity index (χ1v) is 7.54. The summed E-state index contributed by atoms with van der Waals surface area (Å²) < 4.78 is 0. The summed E-state index contributed by atoms with van der Waals surface area (Å²) in [5, 5.41) is 11.6. The molecule has 104 valence electrons. The Morgan fingerprint density at radius 3 is 2.80 bits per heavy atom. The summed E-state index contributed by atoms with van der Waals surface area (Å²) in [5.74, 6) is 5.68. The molecule has 0 saturated heterocycles. The molecule has 0 aliphatic carbocycles. The Morgan fingerprint density at radius 1 is 1.25 bits per heavy atom. The van der Waals surface area contributed by atoms with Crippen molar-refractivity contribution in [3.05, 3.63) is 56.7 Å². The number of aliphatic hydroxyl groups excluding tert-OH is 1. The van der Waals surface area contributed by atoms with Gasteiger partial charge >= 0.3 is 0 Å². The number of nitrogens with zero attached hydrogens (tertiary/aromatic N) is 1. The van der Waals surface area contributed by atoms with Crippen molar-refractivity contribution >= 4 is 22.9 Å². The molecule has 2 rings (SSSR count). The monoisotopic (exact) mass is 305 g/mol. The molecule has 0 aliphatic rings. The van der Waals surface area contributed by atoms with Crippen LogP contribution in [0.5, 0.6) is 0 Å². The summed E-state index contributed by atoms with van der Waals surface area (Å²) in [6, 6.07) is 9.88. The third kappa shape index (κ3) is 4.09. The largest absolute Gasteiger partial charge is 0.384 e. The molecule has 0 atom stereocenters.